The van der Waals surface area contributed by atoms with Crippen LogP contribution in [0.5, 0.6) is 17.2 Å². The molecular formula is C23H22N4O6. The number of nitro benzene ring substituents is 1. The Bertz CT molecular complexity index is 1160. The number of nitro groups is 1. The molecule has 3 amide bonds. The van der Waals surface area contributed by atoms with Crippen LogP contribution in [0.3, 0.4) is 0 Å². The van der Waals surface area contributed by atoms with Crippen LogP contribution in [-0.4, -0.2) is 24.0 Å². The number of hydrogen-bond acceptors (Lipinski definition) is 6. The van der Waals surface area contributed by atoms with Crippen molar-refractivity contribution in [3.63, 3.8) is 0 Å². The molecule has 4 N–H and O–H groups in total. The largest absolute Gasteiger partial charge is 0.497 e. The number of benzene rings is 3. The minimum atomic E-state index is -0.681. The Labute approximate surface area is 189 Å². The van der Waals surface area contributed by atoms with E-state index in [4.69, 9.17) is 15.2 Å². The maximum absolute atomic E-state index is 13.0. The van der Waals surface area contributed by atoms with Crippen molar-refractivity contribution in [2.45, 2.75) is 13.0 Å². The Hall–Kier alpha value is -4.60. The smallest absolute Gasteiger partial charge is 0.316 e. The lowest BCUT2D eigenvalue weighted by Gasteiger charge is -2.17. The molecule has 1 atom stereocenters. The van der Waals surface area contributed by atoms with Crippen molar-refractivity contribution in [2.75, 3.05) is 12.4 Å². The highest BCUT2D eigenvalue weighted by Crippen LogP contribution is 2.30. The van der Waals surface area contributed by atoms with Crippen LogP contribution in [0.25, 0.3) is 0 Å². The first-order valence-corrected chi connectivity index (χ1v) is 9.84. The quantitative estimate of drug-likeness (QED) is 0.343. The number of rotatable bonds is 8. The number of ether oxygens (including phenoxy) is 2. The highest BCUT2D eigenvalue weighted by molar-refractivity contribution is 5.98. The number of primary amides is 1. The van der Waals surface area contributed by atoms with Gasteiger partial charge in [0, 0.05) is 17.8 Å². The van der Waals surface area contributed by atoms with E-state index in [1.807, 2.05) is 0 Å². The summed E-state index contributed by atoms with van der Waals surface area (Å²) in [6, 6.07) is 16.1. The number of carbonyl (C=O) groups is 2. The summed E-state index contributed by atoms with van der Waals surface area (Å²) < 4.78 is 10.9. The summed E-state index contributed by atoms with van der Waals surface area (Å²) in [4.78, 5) is 34.6. The third-order valence-electron chi connectivity index (χ3n) is 4.73. The van der Waals surface area contributed by atoms with Gasteiger partial charge in [-0.25, -0.2) is 4.79 Å². The first-order valence-electron chi connectivity index (χ1n) is 9.84. The molecule has 10 nitrogen and oxygen atoms in total. The van der Waals surface area contributed by atoms with Gasteiger partial charge in [-0.1, -0.05) is 12.1 Å². The normalized spacial score (nSPS) is 11.2. The molecule has 0 aliphatic carbocycles. The van der Waals surface area contributed by atoms with Crippen LogP contribution in [0.1, 0.15) is 28.9 Å². The zero-order chi connectivity index (χ0) is 24.0. The van der Waals surface area contributed by atoms with E-state index < -0.39 is 22.9 Å². The minimum Gasteiger partial charge on any atom is -0.497 e. The molecule has 3 rings (SSSR count). The van der Waals surface area contributed by atoms with Gasteiger partial charge in [-0.15, -0.1) is 0 Å². The fourth-order valence-electron chi connectivity index (χ4n) is 3.02. The molecule has 0 aliphatic heterocycles. The van der Waals surface area contributed by atoms with E-state index in [1.165, 1.54) is 25.3 Å². The number of nitrogens with two attached hydrogens (primary N) is 1. The highest BCUT2D eigenvalue weighted by atomic mass is 16.6. The predicted octanol–water partition coefficient (Wildman–Crippen LogP) is 4.38. The average Bonchev–Trinajstić information content (AvgIpc) is 2.79. The summed E-state index contributed by atoms with van der Waals surface area (Å²) in [5.74, 6) is 0.685. The number of amides is 3. The maximum Gasteiger partial charge on any atom is 0.316 e. The lowest BCUT2D eigenvalue weighted by molar-refractivity contribution is -0.384. The maximum atomic E-state index is 13.0. The van der Waals surface area contributed by atoms with E-state index in [9.17, 15) is 19.7 Å². The van der Waals surface area contributed by atoms with Gasteiger partial charge >= 0.3 is 6.03 Å². The fourth-order valence-corrected chi connectivity index (χ4v) is 3.02. The molecule has 0 aliphatic rings. The summed E-state index contributed by atoms with van der Waals surface area (Å²) in [7, 11) is 1.54. The van der Waals surface area contributed by atoms with Crippen LogP contribution in [0.2, 0.25) is 0 Å². The second-order valence-corrected chi connectivity index (χ2v) is 7.02. The molecule has 3 aromatic carbocycles. The zero-order valence-corrected chi connectivity index (χ0v) is 17.9. The lowest BCUT2D eigenvalue weighted by atomic mass is 10.1. The number of nitrogens with zero attached hydrogens (tertiary/aromatic N) is 1. The lowest BCUT2D eigenvalue weighted by Crippen LogP contribution is -2.27. The molecule has 0 saturated carbocycles. The SMILES string of the molecule is COc1ccc(Oc2ccc([N+](=O)[O-])cc2C(=O)NC(C)c2ccc(NC(N)=O)cc2)cc1. The van der Waals surface area contributed by atoms with Gasteiger partial charge in [-0.05, 0) is 55.0 Å². The Balaban J connectivity index is 1.82. The molecule has 0 bridgehead atoms. The predicted molar refractivity (Wildman–Crippen MR) is 122 cm³/mol. The summed E-state index contributed by atoms with van der Waals surface area (Å²) >= 11 is 0. The number of methoxy groups -OCH3 is 1. The van der Waals surface area contributed by atoms with Gasteiger partial charge in [0.2, 0.25) is 0 Å². The van der Waals surface area contributed by atoms with Crippen LogP contribution >= 0.6 is 0 Å². The van der Waals surface area contributed by atoms with Gasteiger partial charge in [-0.3, -0.25) is 14.9 Å². The van der Waals surface area contributed by atoms with Gasteiger partial charge in [0.05, 0.1) is 23.6 Å². The van der Waals surface area contributed by atoms with Crippen molar-refractivity contribution >= 4 is 23.3 Å². The Morgan fingerprint density at radius 2 is 1.64 bits per heavy atom. The van der Waals surface area contributed by atoms with Crippen LogP contribution in [0.4, 0.5) is 16.2 Å². The van der Waals surface area contributed by atoms with Crippen molar-refractivity contribution < 1.29 is 24.0 Å². The van der Waals surface area contributed by atoms with Gasteiger partial charge in [0.15, 0.2) is 0 Å². The first kappa shape index (κ1) is 23.1. The van der Waals surface area contributed by atoms with Crippen molar-refractivity contribution in [1.82, 2.24) is 5.32 Å². The van der Waals surface area contributed by atoms with Crippen LogP contribution in [-0.2, 0) is 0 Å². The summed E-state index contributed by atoms with van der Waals surface area (Å²) in [5, 5.41) is 16.5. The third kappa shape index (κ3) is 5.97. The number of anilines is 1. The van der Waals surface area contributed by atoms with E-state index in [-0.39, 0.29) is 17.0 Å². The van der Waals surface area contributed by atoms with Crippen molar-refractivity contribution in [3.05, 3.63) is 88.0 Å². The monoisotopic (exact) mass is 450 g/mol. The number of hydrogen-bond donors (Lipinski definition) is 3. The molecule has 3 aromatic rings. The molecule has 0 fully saturated rings. The van der Waals surface area contributed by atoms with E-state index >= 15 is 0 Å². The first-order chi connectivity index (χ1) is 15.8. The molecule has 170 valence electrons. The molecule has 10 heteroatoms. The Kier molecular flexibility index (Phi) is 7.09. The summed E-state index contributed by atoms with van der Waals surface area (Å²) in [6.07, 6.45) is 0. The molecule has 0 aromatic heterocycles. The molecular weight excluding hydrogens is 428 g/mol. The third-order valence-corrected chi connectivity index (χ3v) is 4.73. The highest BCUT2D eigenvalue weighted by Gasteiger charge is 2.20. The van der Waals surface area contributed by atoms with Gasteiger partial charge < -0.3 is 25.8 Å². The summed E-state index contributed by atoms with van der Waals surface area (Å²) in [5.41, 5.74) is 6.13. The standard InChI is InChI=1S/C23H22N4O6/c1-14(15-3-5-16(6-4-15)26-23(24)29)25-22(28)20-13-17(27(30)31)7-12-21(20)33-19-10-8-18(32-2)9-11-19/h3-14H,1-2H3,(H,25,28)(H3,24,26,29). The van der Waals surface area contributed by atoms with Crippen LogP contribution in [0, 0.1) is 10.1 Å². The number of urea groups is 1. The Morgan fingerprint density at radius 1 is 1.00 bits per heavy atom. The number of nitrogens with one attached hydrogen (secondary N) is 2. The van der Waals surface area contributed by atoms with Crippen LogP contribution in [0.15, 0.2) is 66.7 Å². The summed E-state index contributed by atoms with van der Waals surface area (Å²) in [6.45, 7) is 1.76. The van der Waals surface area contributed by atoms with Crippen LogP contribution < -0.4 is 25.8 Å². The van der Waals surface area contributed by atoms with Crippen molar-refractivity contribution in [1.29, 1.82) is 0 Å². The number of carbonyl (C=O) groups excluding carboxylic acids is 2. The molecule has 0 heterocycles. The second-order valence-electron chi connectivity index (χ2n) is 7.02. The van der Waals surface area contributed by atoms with E-state index in [0.717, 1.165) is 5.56 Å². The van der Waals surface area contributed by atoms with Gasteiger partial charge in [0.1, 0.15) is 17.2 Å². The molecule has 0 radical (unpaired) electrons. The number of non-ortho nitro benzene ring substituents is 1. The Morgan fingerprint density at radius 3 is 2.21 bits per heavy atom. The zero-order valence-electron chi connectivity index (χ0n) is 17.9. The van der Waals surface area contributed by atoms with E-state index in [0.29, 0.717) is 17.2 Å². The van der Waals surface area contributed by atoms with Crippen molar-refractivity contribution in [3.8, 4) is 17.2 Å². The van der Waals surface area contributed by atoms with E-state index in [1.54, 1.807) is 55.5 Å². The molecule has 1 unspecified atom stereocenters. The fraction of sp³-hybridized carbons (Fsp3) is 0.130. The topological polar surface area (TPSA) is 146 Å². The average molecular weight is 450 g/mol. The van der Waals surface area contributed by atoms with Gasteiger partial charge in [-0.2, -0.15) is 0 Å². The van der Waals surface area contributed by atoms with Gasteiger partial charge in [0.25, 0.3) is 11.6 Å². The minimum absolute atomic E-state index is 0.0129. The van der Waals surface area contributed by atoms with E-state index in [2.05, 4.69) is 10.6 Å². The second kappa shape index (κ2) is 10.1. The molecule has 33 heavy (non-hydrogen) atoms. The molecule has 0 spiro atoms. The molecule has 0 saturated heterocycles. The van der Waals surface area contributed by atoms with Crippen molar-refractivity contribution in [2.24, 2.45) is 5.73 Å².